The Morgan fingerprint density at radius 2 is 2.25 bits per heavy atom. The van der Waals surface area contributed by atoms with Gasteiger partial charge in [0.15, 0.2) is 0 Å². The Morgan fingerprint density at radius 1 is 1.40 bits per heavy atom. The number of carbonyl (C=O) groups is 1. The Balaban J connectivity index is 0.00000147. The minimum Gasteiger partial charge on any atom is -0.493 e. The van der Waals surface area contributed by atoms with Crippen molar-refractivity contribution in [3.8, 4) is 5.75 Å². The van der Waals surface area contributed by atoms with Gasteiger partial charge in [0.05, 0.1) is 6.61 Å². The Labute approximate surface area is 125 Å². The fourth-order valence-corrected chi connectivity index (χ4v) is 3.03. The van der Waals surface area contributed by atoms with Crippen molar-refractivity contribution in [2.75, 3.05) is 31.1 Å². The number of nitrogens with zero attached hydrogens (tertiary/aromatic N) is 1. The second-order valence-electron chi connectivity index (χ2n) is 5.22. The van der Waals surface area contributed by atoms with Crippen LogP contribution >= 0.6 is 12.4 Å². The summed E-state index contributed by atoms with van der Waals surface area (Å²) in [4.78, 5) is 13.3. The first kappa shape index (κ1) is 15.0. The summed E-state index contributed by atoms with van der Waals surface area (Å²) < 4.78 is 5.74. The summed E-state index contributed by atoms with van der Waals surface area (Å²) in [6.07, 6.45) is 3.31. The van der Waals surface area contributed by atoms with E-state index < -0.39 is 0 Å². The molecule has 0 spiro atoms. The number of benzene rings is 1. The van der Waals surface area contributed by atoms with Gasteiger partial charge in [0.25, 0.3) is 0 Å². The number of rotatable bonds is 3. The van der Waals surface area contributed by atoms with Crippen LogP contribution in [0.2, 0.25) is 0 Å². The maximum absolute atomic E-state index is 10.9. The zero-order valence-corrected chi connectivity index (χ0v) is 12.6. The Bertz CT molecular complexity index is 505. The molecule has 2 aliphatic heterocycles. The average molecular weight is 297 g/mol. The average Bonchev–Trinajstić information content (AvgIpc) is 2.82. The second kappa shape index (κ2) is 6.35. The standard InChI is InChI=1S/C15H20N2O2.ClH/c1-11(18)16-7-9-17-8-6-12-4-5-14-13(15(12)17)3-2-10-19-14;/h4-5H,2-3,6-10H2,1H3,(H,16,18);1H. The van der Waals surface area contributed by atoms with Gasteiger partial charge in [0, 0.05) is 37.8 Å². The largest absolute Gasteiger partial charge is 0.493 e. The molecule has 2 heterocycles. The first-order valence-electron chi connectivity index (χ1n) is 7.02. The number of amides is 1. The quantitative estimate of drug-likeness (QED) is 0.927. The predicted molar refractivity (Wildman–Crippen MR) is 82.1 cm³/mol. The molecule has 0 bridgehead atoms. The van der Waals surface area contributed by atoms with E-state index in [9.17, 15) is 4.79 Å². The highest BCUT2D eigenvalue weighted by molar-refractivity contribution is 5.85. The highest BCUT2D eigenvalue weighted by Crippen LogP contribution is 2.39. The van der Waals surface area contributed by atoms with Crippen molar-refractivity contribution < 1.29 is 9.53 Å². The second-order valence-corrected chi connectivity index (χ2v) is 5.22. The monoisotopic (exact) mass is 296 g/mol. The smallest absolute Gasteiger partial charge is 0.216 e. The van der Waals surface area contributed by atoms with Crippen LogP contribution in [-0.2, 0) is 17.6 Å². The highest BCUT2D eigenvalue weighted by Gasteiger charge is 2.25. The van der Waals surface area contributed by atoms with Crippen LogP contribution < -0.4 is 15.0 Å². The molecule has 3 rings (SSSR count). The van der Waals surface area contributed by atoms with Crippen LogP contribution in [0.15, 0.2) is 12.1 Å². The van der Waals surface area contributed by atoms with Crippen molar-refractivity contribution in [1.82, 2.24) is 5.32 Å². The van der Waals surface area contributed by atoms with Gasteiger partial charge < -0.3 is 15.0 Å². The molecule has 0 saturated heterocycles. The lowest BCUT2D eigenvalue weighted by molar-refractivity contribution is -0.118. The normalized spacial score (nSPS) is 15.8. The van der Waals surface area contributed by atoms with Crippen molar-refractivity contribution >= 4 is 24.0 Å². The zero-order valence-electron chi connectivity index (χ0n) is 11.8. The molecule has 0 saturated carbocycles. The molecule has 0 aliphatic carbocycles. The molecule has 20 heavy (non-hydrogen) atoms. The van der Waals surface area contributed by atoms with Gasteiger partial charge in [-0.2, -0.15) is 0 Å². The van der Waals surface area contributed by atoms with Crippen molar-refractivity contribution in [2.24, 2.45) is 0 Å². The Morgan fingerprint density at radius 3 is 3.05 bits per heavy atom. The lowest BCUT2D eigenvalue weighted by Crippen LogP contribution is -2.33. The highest BCUT2D eigenvalue weighted by atomic mass is 35.5. The first-order chi connectivity index (χ1) is 9.25. The van der Waals surface area contributed by atoms with Gasteiger partial charge in [-0.3, -0.25) is 4.79 Å². The van der Waals surface area contributed by atoms with E-state index in [4.69, 9.17) is 4.74 Å². The topological polar surface area (TPSA) is 41.6 Å². The molecule has 2 aliphatic rings. The van der Waals surface area contributed by atoms with E-state index >= 15 is 0 Å². The summed E-state index contributed by atoms with van der Waals surface area (Å²) in [7, 11) is 0. The number of halogens is 1. The van der Waals surface area contributed by atoms with Gasteiger partial charge in [-0.15, -0.1) is 12.4 Å². The molecule has 0 aromatic heterocycles. The van der Waals surface area contributed by atoms with Crippen molar-refractivity contribution in [2.45, 2.75) is 26.2 Å². The van der Waals surface area contributed by atoms with E-state index in [0.717, 1.165) is 44.7 Å². The van der Waals surface area contributed by atoms with Crippen molar-refractivity contribution in [3.63, 3.8) is 0 Å². The molecule has 1 amide bonds. The number of hydrogen-bond acceptors (Lipinski definition) is 3. The summed E-state index contributed by atoms with van der Waals surface area (Å²) in [5.74, 6) is 1.09. The molecule has 0 atom stereocenters. The molecule has 110 valence electrons. The fraction of sp³-hybridized carbons (Fsp3) is 0.533. The molecular weight excluding hydrogens is 276 g/mol. The van der Waals surface area contributed by atoms with Gasteiger partial charge in [0.2, 0.25) is 5.91 Å². The third kappa shape index (κ3) is 2.85. The van der Waals surface area contributed by atoms with Gasteiger partial charge in [0.1, 0.15) is 5.75 Å². The van der Waals surface area contributed by atoms with Crippen LogP contribution in [0.3, 0.4) is 0 Å². The molecule has 1 N–H and O–H groups in total. The number of hydrogen-bond donors (Lipinski definition) is 1. The summed E-state index contributed by atoms with van der Waals surface area (Å²) >= 11 is 0. The number of ether oxygens (including phenoxy) is 1. The van der Waals surface area contributed by atoms with Crippen LogP contribution in [0, 0.1) is 0 Å². The fourth-order valence-electron chi connectivity index (χ4n) is 3.03. The van der Waals surface area contributed by atoms with Crippen LogP contribution in [0.5, 0.6) is 5.75 Å². The van der Waals surface area contributed by atoms with E-state index in [-0.39, 0.29) is 18.3 Å². The molecule has 0 unspecified atom stereocenters. The lowest BCUT2D eigenvalue weighted by atomic mass is 10.0. The zero-order chi connectivity index (χ0) is 13.2. The van der Waals surface area contributed by atoms with Crippen LogP contribution in [0.1, 0.15) is 24.5 Å². The SMILES string of the molecule is CC(=O)NCCN1CCc2ccc3c(c21)CCCO3.Cl. The third-order valence-corrected chi connectivity index (χ3v) is 3.87. The minimum atomic E-state index is 0. The predicted octanol–water partition coefficient (Wildman–Crippen LogP) is 1.93. The number of carbonyl (C=O) groups excluding carboxylic acids is 1. The number of anilines is 1. The third-order valence-electron chi connectivity index (χ3n) is 3.87. The maximum atomic E-state index is 10.9. The summed E-state index contributed by atoms with van der Waals surface area (Å²) in [6.45, 7) is 5.03. The van der Waals surface area contributed by atoms with Gasteiger partial charge >= 0.3 is 0 Å². The molecule has 1 aromatic carbocycles. The first-order valence-corrected chi connectivity index (χ1v) is 7.02. The van der Waals surface area contributed by atoms with Crippen LogP contribution in [0.25, 0.3) is 0 Å². The summed E-state index contributed by atoms with van der Waals surface area (Å²) in [6, 6.07) is 4.31. The maximum Gasteiger partial charge on any atom is 0.216 e. The van der Waals surface area contributed by atoms with Crippen molar-refractivity contribution in [3.05, 3.63) is 23.3 Å². The van der Waals surface area contributed by atoms with E-state index in [1.165, 1.54) is 16.8 Å². The number of fused-ring (bicyclic) bond motifs is 3. The molecule has 4 nitrogen and oxygen atoms in total. The molecular formula is C15H21ClN2O2. The van der Waals surface area contributed by atoms with E-state index in [1.807, 2.05) is 0 Å². The lowest BCUT2D eigenvalue weighted by Gasteiger charge is -2.26. The number of nitrogens with one attached hydrogen (secondary N) is 1. The van der Waals surface area contributed by atoms with E-state index in [0.29, 0.717) is 6.54 Å². The van der Waals surface area contributed by atoms with Crippen LogP contribution in [0.4, 0.5) is 5.69 Å². The van der Waals surface area contributed by atoms with Gasteiger partial charge in [-0.1, -0.05) is 6.07 Å². The molecule has 5 heteroatoms. The van der Waals surface area contributed by atoms with E-state index in [1.54, 1.807) is 6.92 Å². The Kier molecular flexibility index (Phi) is 4.76. The van der Waals surface area contributed by atoms with Gasteiger partial charge in [-0.05, 0) is 30.9 Å². The van der Waals surface area contributed by atoms with E-state index in [2.05, 4.69) is 22.3 Å². The van der Waals surface area contributed by atoms with Gasteiger partial charge in [-0.25, -0.2) is 0 Å². The molecule has 0 fully saturated rings. The molecule has 0 radical (unpaired) electrons. The Hall–Kier alpha value is -1.42. The van der Waals surface area contributed by atoms with Crippen molar-refractivity contribution in [1.29, 1.82) is 0 Å². The molecule has 1 aromatic rings. The summed E-state index contributed by atoms with van der Waals surface area (Å²) in [5.41, 5.74) is 4.15. The van der Waals surface area contributed by atoms with Crippen LogP contribution in [-0.4, -0.2) is 32.1 Å². The summed E-state index contributed by atoms with van der Waals surface area (Å²) in [5, 5.41) is 2.87. The minimum absolute atomic E-state index is 0.